The number of rotatable bonds is 4. The second kappa shape index (κ2) is 5.82. The standard InChI is InChI=1S/C14H19NO4/c1-17-11-8-10(14(16)19-3)9-12(18-2)13(11)15-6-4-5-7-15/h8-9H,4-7H2,1-3H3. The van der Waals surface area contributed by atoms with Crippen LogP contribution in [0, 0.1) is 0 Å². The van der Waals surface area contributed by atoms with E-state index in [1.165, 1.54) is 7.11 Å². The van der Waals surface area contributed by atoms with E-state index in [1.807, 2.05) is 0 Å². The van der Waals surface area contributed by atoms with E-state index in [1.54, 1.807) is 26.4 Å². The molecule has 1 aromatic carbocycles. The molecule has 0 aromatic heterocycles. The highest BCUT2D eigenvalue weighted by Crippen LogP contribution is 2.40. The van der Waals surface area contributed by atoms with E-state index in [-0.39, 0.29) is 0 Å². The third kappa shape index (κ3) is 2.59. The molecular formula is C14H19NO4. The lowest BCUT2D eigenvalue weighted by Crippen LogP contribution is -2.19. The van der Waals surface area contributed by atoms with Crippen molar-refractivity contribution in [2.45, 2.75) is 12.8 Å². The number of ether oxygens (including phenoxy) is 3. The largest absolute Gasteiger partial charge is 0.494 e. The van der Waals surface area contributed by atoms with E-state index < -0.39 is 5.97 Å². The van der Waals surface area contributed by atoms with Crippen LogP contribution in [0.1, 0.15) is 23.2 Å². The average molecular weight is 265 g/mol. The Morgan fingerprint density at radius 2 is 1.58 bits per heavy atom. The summed E-state index contributed by atoms with van der Waals surface area (Å²) in [6.07, 6.45) is 2.32. The number of anilines is 1. The zero-order valence-electron chi connectivity index (χ0n) is 11.6. The molecule has 104 valence electrons. The van der Waals surface area contributed by atoms with Gasteiger partial charge in [0.15, 0.2) is 0 Å². The van der Waals surface area contributed by atoms with Gasteiger partial charge in [-0.25, -0.2) is 4.79 Å². The van der Waals surface area contributed by atoms with Crippen molar-refractivity contribution in [3.05, 3.63) is 17.7 Å². The first-order valence-corrected chi connectivity index (χ1v) is 6.30. The summed E-state index contributed by atoms with van der Waals surface area (Å²) in [6, 6.07) is 3.39. The fraction of sp³-hybridized carbons (Fsp3) is 0.500. The van der Waals surface area contributed by atoms with Gasteiger partial charge >= 0.3 is 5.97 Å². The Labute approximate surface area is 113 Å². The molecule has 0 amide bonds. The van der Waals surface area contributed by atoms with Crippen molar-refractivity contribution in [2.24, 2.45) is 0 Å². The summed E-state index contributed by atoms with van der Waals surface area (Å²) in [6.45, 7) is 1.95. The van der Waals surface area contributed by atoms with Gasteiger partial charge in [-0.1, -0.05) is 0 Å². The van der Waals surface area contributed by atoms with Gasteiger partial charge in [0.25, 0.3) is 0 Å². The summed E-state index contributed by atoms with van der Waals surface area (Å²) in [5, 5.41) is 0. The first-order chi connectivity index (χ1) is 9.21. The summed E-state index contributed by atoms with van der Waals surface area (Å²) >= 11 is 0. The number of esters is 1. The maximum absolute atomic E-state index is 11.6. The van der Waals surface area contributed by atoms with Crippen LogP contribution in [0.2, 0.25) is 0 Å². The minimum Gasteiger partial charge on any atom is -0.494 e. The van der Waals surface area contributed by atoms with Gasteiger partial charge in [0.2, 0.25) is 0 Å². The normalized spacial score (nSPS) is 14.4. The van der Waals surface area contributed by atoms with Gasteiger partial charge < -0.3 is 19.1 Å². The predicted molar refractivity (Wildman–Crippen MR) is 72.3 cm³/mol. The van der Waals surface area contributed by atoms with E-state index in [2.05, 4.69) is 4.90 Å². The Morgan fingerprint density at radius 3 is 2.00 bits per heavy atom. The lowest BCUT2D eigenvalue weighted by Gasteiger charge is -2.23. The van der Waals surface area contributed by atoms with Crippen LogP contribution in [0.25, 0.3) is 0 Å². The summed E-state index contributed by atoms with van der Waals surface area (Å²) in [5.74, 6) is 0.882. The maximum Gasteiger partial charge on any atom is 0.338 e. The van der Waals surface area contributed by atoms with Gasteiger partial charge in [-0.3, -0.25) is 0 Å². The van der Waals surface area contributed by atoms with Crippen LogP contribution in [-0.2, 0) is 4.74 Å². The molecule has 0 spiro atoms. The molecule has 2 rings (SSSR count). The van der Waals surface area contributed by atoms with E-state index in [9.17, 15) is 4.79 Å². The van der Waals surface area contributed by atoms with Crippen molar-refractivity contribution >= 4 is 11.7 Å². The molecule has 1 aliphatic rings. The summed E-state index contributed by atoms with van der Waals surface area (Å²) < 4.78 is 15.5. The highest BCUT2D eigenvalue weighted by molar-refractivity contribution is 5.92. The Morgan fingerprint density at radius 1 is 1.05 bits per heavy atom. The molecule has 0 atom stereocenters. The number of hydrogen-bond donors (Lipinski definition) is 0. The van der Waals surface area contributed by atoms with Crippen LogP contribution in [0.5, 0.6) is 11.5 Å². The first kappa shape index (κ1) is 13.5. The fourth-order valence-corrected chi connectivity index (χ4v) is 2.38. The molecule has 0 N–H and O–H groups in total. The van der Waals surface area contributed by atoms with Crippen molar-refractivity contribution in [2.75, 3.05) is 39.3 Å². The van der Waals surface area contributed by atoms with Crippen LogP contribution in [0.15, 0.2) is 12.1 Å². The summed E-state index contributed by atoms with van der Waals surface area (Å²) in [4.78, 5) is 13.9. The molecule has 1 saturated heterocycles. The van der Waals surface area contributed by atoms with Gasteiger partial charge in [0.05, 0.1) is 26.9 Å². The molecule has 5 heteroatoms. The van der Waals surface area contributed by atoms with Crippen LogP contribution in [-0.4, -0.2) is 40.4 Å². The molecule has 19 heavy (non-hydrogen) atoms. The Kier molecular flexibility index (Phi) is 4.14. The molecule has 1 aromatic rings. The minimum absolute atomic E-state index is 0.399. The van der Waals surface area contributed by atoms with Crippen LogP contribution in [0.4, 0.5) is 5.69 Å². The van der Waals surface area contributed by atoms with Crippen molar-refractivity contribution < 1.29 is 19.0 Å². The Bertz CT molecular complexity index is 442. The lowest BCUT2D eigenvalue weighted by atomic mass is 10.1. The molecule has 1 heterocycles. The quantitative estimate of drug-likeness (QED) is 0.780. The maximum atomic E-state index is 11.6. The Hall–Kier alpha value is -1.91. The predicted octanol–water partition coefficient (Wildman–Crippen LogP) is 2.09. The Balaban J connectivity index is 2.48. The molecular weight excluding hydrogens is 246 g/mol. The van der Waals surface area contributed by atoms with Crippen molar-refractivity contribution in [3.63, 3.8) is 0 Å². The van der Waals surface area contributed by atoms with Gasteiger partial charge in [0.1, 0.15) is 17.2 Å². The zero-order chi connectivity index (χ0) is 13.8. The molecule has 0 radical (unpaired) electrons. The number of hydrogen-bond acceptors (Lipinski definition) is 5. The van der Waals surface area contributed by atoms with Gasteiger partial charge in [-0.2, -0.15) is 0 Å². The third-order valence-corrected chi connectivity index (χ3v) is 3.32. The molecule has 0 aliphatic carbocycles. The van der Waals surface area contributed by atoms with Crippen molar-refractivity contribution in [3.8, 4) is 11.5 Å². The SMILES string of the molecule is COC(=O)c1cc(OC)c(N2CCCC2)c(OC)c1. The second-order valence-electron chi connectivity index (χ2n) is 4.42. The van der Waals surface area contributed by atoms with Crippen LogP contribution < -0.4 is 14.4 Å². The number of carbonyl (C=O) groups excluding carboxylic acids is 1. The number of carbonyl (C=O) groups is 1. The summed E-state index contributed by atoms with van der Waals surface area (Å²) in [5.41, 5.74) is 1.34. The number of nitrogens with zero attached hydrogens (tertiary/aromatic N) is 1. The molecule has 0 unspecified atom stereocenters. The van der Waals surface area contributed by atoms with E-state index in [0.29, 0.717) is 17.1 Å². The van der Waals surface area contributed by atoms with Gasteiger partial charge in [-0.05, 0) is 25.0 Å². The van der Waals surface area contributed by atoms with Crippen molar-refractivity contribution in [1.29, 1.82) is 0 Å². The molecule has 0 bridgehead atoms. The van der Waals surface area contributed by atoms with Gasteiger partial charge in [0, 0.05) is 13.1 Å². The van der Waals surface area contributed by atoms with E-state index in [0.717, 1.165) is 31.6 Å². The topological polar surface area (TPSA) is 48.0 Å². The van der Waals surface area contributed by atoms with E-state index >= 15 is 0 Å². The van der Waals surface area contributed by atoms with Gasteiger partial charge in [-0.15, -0.1) is 0 Å². The highest BCUT2D eigenvalue weighted by Gasteiger charge is 2.23. The van der Waals surface area contributed by atoms with Crippen LogP contribution in [0.3, 0.4) is 0 Å². The first-order valence-electron chi connectivity index (χ1n) is 6.30. The lowest BCUT2D eigenvalue weighted by molar-refractivity contribution is 0.0600. The number of benzene rings is 1. The molecule has 5 nitrogen and oxygen atoms in total. The smallest absolute Gasteiger partial charge is 0.338 e. The highest BCUT2D eigenvalue weighted by atomic mass is 16.5. The summed E-state index contributed by atoms with van der Waals surface area (Å²) in [7, 11) is 4.54. The number of methoxy groups -OCH3 is 3. The molecule has 0 saturated carbocycles. The fourth-order valence-electron chi connectivity index (χ4n) is 2.38. The monoisotopic (exact) mass is 265 g/mol. The van der Waals surface area contributed by atoms with E-state index in [4.69, 9.17) is 14.2 Å². The second-order valence-corrected chi connectivity index (χ2v) is 4.42. The third-order valence-electron chi connectivity index (χ3n) is 3.32. The molecule has 1 aliphatic heterocycles. The molecule has 1 fully saturated rings. The van der Waals surface area contributed by atoms with Crippen molar-refractivity contribution in [1.82, 2.24) is 0 Å². The van der Waals surface area contributed by atoms with Crippen LogP contribution >= 0.6 is 0 Å². The average Bonchev–Trinajstić information content (AvgIpc) is 2.98. The minimum atomic E-state index is -0.399. The zero-order valence-corrected chi connectivity index (χ0v) is 11.6.